The van der Waals surface area contributed by atoms with Crippen LogP contribution in [-0.2, 0) is 6.61 Å². The largest absolute Gasteiger partial charge is 0.392 e. The molecule has 0 fully saturated rings. The summed E-state index contributed by atoms with van der Waals surface area (Å²) in [4.78, 5) is 0. The van der Waals surface area contributed by atoms with Gasteiger partial charge in [-0.3, -0.25) is 0 Å². The van der Waals surface area contributed by atoms with Gasteiger partial charge in [-0.25, -0.2) is 4.39 Å². The lowest BCUT2D eigenvalue weighted by atomic mass is 9.97. The fraction of sp³-hybridized carbons (Fsp3) is 0.455. The number of halogens is 2. The average Bonchev–Trinajstić information content (AvgIpc) is 2.28. The molecule has 2 unspecified atom stereocenters. The molecule has 1 rings (SSSR count). The van der Waals surface area contributed by atoms with E-state index in [1.165, 1.54) is 12.1 Å². The molecule has 90 valence electrons. The normalized spacial score (nSPS) is 14.8. The van der Waals surface area contributed by atoms with Crippen molar-refractivity contribution in [3.63, 3.8) is 0 Å². The molecule has 1 aromatic carbocycles. The predicted molar refractivity (Wildman–Crippen MR) is 58.6 cm³/mol. The highest BCUT2D eigenvalue weighted by atomic mass is 35.5. The molecule has 0 bridgehead atoms. The minimum Gasteiger partial charge on any atom is -0.392 e. The number of aliphatic hydroxyl groups excluding tert-OH is 3. The van der Waals surface area contributed by atoms with Gasteiger partial charge in [0.15, 0.2) is 0 Å². The van der Waals surface area contributed by atoms with Crippen molar-refractivity contribution >= 4 is 11.6 Å². The molecule has 0 amide bonds. The molecule has 0 saturated carbocycles. The number of hydrogen-bond acceptors (Lipinski definition) is 3. The maximum absolute atomic E-state index is 12.9. The third-order valence-electron chi connectivity index (χ3n) is 2.36. The van der Waals surface area contributed by atoms with E-state index in [-0.39, 0.29) is 17.9 Å². The minimum atomic E-state index is -1.17. The molecule has 0 spiro atoms. The highest BCUT2D eigenvalue weighted by Gasteiger charge is 2.20. The van der Waals surface area contributed by atoms with Gasteiger partial charge in [-0.15, -0.1) is 11.6 Å². The zero-order valence-corrected chi connectivity index (χ0v) is 9.36. The van der Waals surface area contributed by atoms with Gasteiger partial charge in [-0.1, -0.05) is 6.07 Å². The molecular weight excluding hydrogens is 235 g/mol. The van der Waals surface area contributed by atoms with Crippen LogP contribution < -0.4 is 0 Å². The van der Waals surface area contributed by atoms with Gasteiger partial charge in [-0.05, 0) is 29.7 Å². The van der Waals surface area contributed by atoms with E-state index in [0.29, 0.717) is 5.56 Å². The number of hydrogen-bond donors (Lipinski definition) is 3. The molecule has 0 radical (unpaired) electrons. The number of alkyl halides is 1. The van der Waals surface area contributed by atoms with Gasteiger partial charge in [0.1, 0.15) is 11.9 Å². The second-order valence-corrected chi connectivity index (χ2v) is 3.87. The van der Waals surface area contributed by atoms with E-state index in [9.17, 15) is 14.6 Å². The van der Waals surface area contributed by atoms with Crippen LogP contribution in [0.3, 0.4) is 0 Å². The second kappa shape index (κ2) is 6.15. The molecule has 1 aromatic rings. The van der Waals surface area contributed by atoms with Crippen LogP contribution in [0.4, 0.5) is 4.39 Å². The van der Waals surface area contributed by atoms with Crippen molar-refractivity contribution in [1.29, 1.82) is 0 Å². The Bertz CT molecular complexity index is 346. The first kappa shape index (κ1) is 13.4. The van der Waals surface area contributed by atoms with Crippen molar-refractivity contribution in [3.8, 4) is 0 Å². The summed E-state index contributed by atoms with van der Waals surface area (Å²) < 4.78 is 12.9. The maximum Gasteiger partial charge on any atom is 0.123 e. The van der Waals surface area contributed by atoms with Crippen molar-refractivity contribution in [2.75, 3.05) is 5.88 Å². The van der Waals surface area contributed by atoms with Gasteiger partial charge in [0.2, 0.25) is 0 Å². The Morgan fingerprint density at radius 1 is 1.31 bits per heavy atom. The summed E-state index contributed by atoms with van der Waals surface area (Å²) in [6, 6.07) is 3.65. The standard InChI is InChI=1S/C11H14ClFO3/c12-4-3-10(15)11(16)9-2-1-8(13)5-7(9)6-14/h1-2,5,10-11,14-16H,3-4,6H2. The Morgan fingerprint density at radius 2 is 2.00 bits per heavy atom. The molecule has 16 heavy (non-hydrogen) atoms. The Morgan fingerprint density at radius 3 is 2.56 bits per heavy atom. The van der Waals surface area contributed by atoms with Crippen molar-refractivity contribution < 1.29 is 19.7 Å². The molecule has 0 heterocycles. The van der Waals surface area contributed by atoms with Gasteiger partial charge in [-0.2, -0.15) is 0 Å². The lowest BCUT2D eigenvalue weighted by molar-refractivity contribution is 0.0158. The van der Waals surface area contributed by atoms with Gasteiger partial charge in [0.25, 0.3) is 0 Å². The molecule has 2 atom stereocenters. The van der Waals surface area contributed by atoms with E-state index in [1.54, 1.807) is 0 Å². The average molecular weight is 249 g/mol. The molecular formula is C11H14ClFO3. The first-order chi connectivity index (χ1) is 7.60. The van der Waals surface area contributed by atoms with Gasteiger partial charge in [0.05, 0.1) is 12.7 Å². The van der Waals surface area contributed by atoms with Crippen LogP contribution in [0.1, 0.15) is 23.7 Å². The van der Waals surface area contributed by atoms with E-state index in [2.05, 4.69) is 0 Å². The number of benzene rings is 1. The SMILES string of the molecule is OCc1cc(F)ccc1C(O)C(O)CCCl. The molecule has 0 aliphatic heterocycles. The van der Waals surface area contributed by atoms with Crippen LogP contribution in [0.25, 0.3) is 0 Å². The lowest BCUT2D eigenvalue weighted by Crippen LogP contribution is -2.20. The summed E-state index contributed by atoms with van der Waals surface area (Å²) in [6.07, 6.45) is -1.96. The molecule has 0 aliphatic carbocycles. The van der Waals surface area contributed by atoms with Crippen molar-refractivity contribution in [1.82, 2.24) is 0 Å². The van der Waals surface area contributed by atoms with Crippen molar-refractivity contribution in [3.05, 3.63) is 35.1 Å². The fourth-order valence-electron chi connectivity index (χ4n) is 1.48. The summed E-state index contributed by atoms with van der Waals surface area (Å²) in [5, 5.41) is 28.3. The fourth-order valence-corrected chi connectivity index (χ4v) is 1.70. The van der Waals surface area contributed by atoms with Crippen LogP contribution in [0.2, 0.25) is 0 Å². The van der Waals surface area contributed by atoms with Crippen molar-refractivity contribution in [2.45, 2.75) is 25.2 Å². The summed E-state index contributed by atoms with van der Waals surface area (Å²) in [7, 11) is 0. The maximum atomic E-state index is 12.9. The third kappa shape index (κ3) is 3.15. The van der Waals surface area contributed by atoms with E-state index in [1.807, 2.05) is 0 Å². The van der Waals surface area contributed by atoms with E-state index >= 15 is 0 Å². The first-order valence-electron chi connectivity index (χ1n) is 4.91. The number of aliphatic hydroxyl groups is 3. The summed E-state index contributed by atoms with van der Waals surface area (Å²) in [5.41, 5.74) is 0.586. The van der Waals surface area contributed by atoms with Gasteiger partial charge < -0.3 is 15.3 Å². The minimum absolute atomic E-state index is 0.216. The van der Waals surface area contributed by atoms with Crippen LogP contribution in [0, 0.1) is 5.82 Å². The Hall–Kier alpha value is -0.680. The topological polar surface area (TPSA) is 60.7 Å². The molecule has 0 saturated heterocycles. The van der Waals surface area contributed by atoms with Crippen LogP contribution in [0.5, 0.6) is 0 Å². The number of rotatable bonds is 5. The van der Waals surface area contributed by atoms with E-state index < -0.39 is 24.6 Å². The Kier molecular flexibility index (Phi) is 5.15. The summed E-state index contributed by atoms with van der Waals surface area (Å²) >= 11 is 5.45. The quantitative estimate of drug-likeness (QED) is 0.690. The van der Waals surface area contributed by atoms with E-state index in [0.717, 1.165) is 6.07 Å². The predicted octanol–water partition coefficient (Wildman–Crippen LogP) is 1.34. The molecule has 3 nitrogen and oxygen atoms in total. The zero-order chi connectivity index (χ0) is 12.1. The van der Waals surface area contributed by atoms with Crippen LogP contribution >= 0.6 is 11.6 Å². The molecule has 0 aliphatic rings. The third-order valence-corrected chi connectivity index (χ3v) is 2.58. The monoisotopic (exact) mass is 248 g/mol. The second-order valence-electron chi connectivity index (χ2n) is 3.49. The Balaban J connectivity index is 2.93. The lowest BCUT2D eigenvalue weighted by Gasteiger charge is -2.19. The summed E-state index contributed by atoms with van der Waals surface area (Å²) in [6.45, 7) is -0.391. The van der Waals surface area contributed by atoms with Gasteiger partial charge >= 0.3 is 0 Å². The molecule has 0 aromatic heterocycles. The zero-order valence-electron chi connectivity index (χ0n) is 8.61. The Labute approximate surface area is 98.1 Å². The highest BCUT2D eigenvalue weighted by Crippen LogP contribution is 2.24. The van der Waals surface area contributed by atoms with Crippen LogP contribution in [-0.4, -0.2) is 27.3 Å². The van der Waals surface area contributed by atoms with Crippen molar-refractivity contribution in [2.24, 2.45) is 0 Å². The van der Waals surface area contributed by atoms with Gasteiger partial charge in [0, 0.05) is 5.88 Å². The first-order valence-corrected chi connectivity index (χ1v) is 5.45. The summed E-state index contributed by atoms with van der Waals surface area (Å²) in [5.74, 6) is -0.278. The smallest absolute Gasteiger partial charge is 0.123 e. The van der Waals surface area contributed by atoms with E-state index in [4.69, 9.17) is 16.7 Å². The van der Waals surface area contributed by atoms with Crippen LogP contribution in [0.15, 0.2) is 18.2 Å². The molecule has 5 heteroatoms. The molecule has 3 N–H and O–H groups in total. The highest BCUT2D eigenvalue weighted by molar-refractivity contribution is 6.17.